The Morgan fingerprint density at radius 1 is 1.14 bits per heavy atom. The molecule has 0 radical (unpaired) electrons. The number of rotatable bonds is 6. The molecular weight excluding hydrogens is 400 g/mol. The van der Waals surface area contributed by atoms with Crippen LogP contribution in [0.25, 0.3) is 11.1 Å². The van der Waals surface area contributed by atoms with E-state index in [0.29, 0.717) is 17.2 Å². The van der Waals surface area contributed by atoms with Gasteiger partial charge in [-0.1, -0.05) is 48.0 Å². The summed E-state index contributed by atoms with van der Waals surface area (Å²) in [4.78, 5) is 11.4. The molecule has 2 aromatic rings. The van der Waals surface area contributed by atoms with Crippen molar-refractivity contribution in [3.05, 3.63) is 59.1 Å². The number of benzene rings is 2. The van der Waals surface area contributed by atoms with Gasteiger partial charge in [-0.25, -0.2) is 13.2 Å². The Labute approximate surface area is 169 Å². The summed E-state index contributed by atoms with van der Waals surface area (Å²) in [7, 11) is -3.83. The maximum atomic E-state index is 12.7. The predicted molar refractivity (Wildman–Crippen MR) is 110 cm³/mol. The first-order valence-electron chi connectivity index (χ1n) is 8.90. The molecule has 1 atom stereocenters. The molecule has 1 N–H and O–H groups in total. The average molecular weight is 421 g/mol. The molecule has 6 nitrogen and oxygen atoms in total. The lowest BCUT2D eigenvalue weighted by molar-refractivity contribution is -0.141. The first-order chi connectivity index (χ1) is 13.3. The van der Waals surface area contributed by atoms with Crippen LogP contribution in [0.3, 0.4) is 0 Å². The van der Waals surface area contributed by atoms with Crippen LogP contribution in [0.15, 0.2) is 53.6 Å². The second-order valence-corrected chi connectivity index (χ2v) is 9.15. The number of carbonyl (C=O) groups is 1. The molecule has 0 saturated carbocycles. The first-order valence-corrected chi connectivity index (χ1v) is 10.9. The van der Waals surface area contributed by atoms with Gasteiger partial charge in [0, 0.05) is 10.7 Å². The Hall–Kier alpha value is -2.38. The molecule has 148 valence electrons. The zero-order chi connectivity index (χ0) is 20.3. The van der Waals surface area contributed by atoms with Crippen molar-refractivity contribution in [2.24, 2.45) is 5.10 Å². The van der Waals surface area contributed by atoms with Crippen molar-refractivity contribution < 1.29 is 18.3 Å². The fourth-order valence-corrected chi connectivity index (χ4v) is 4.72. The highest BCUT2D eigenvalue weighted by Gasteiger charge is 2.36. The summed E-state index contributed by atoms with van der Waals surface area (Å²) in [6.07, 6.45) is 0.996. The van der Waals surface area contributed by atoms with Gasteiger partial charge in [0.2, 0.25) is 0 Å². The molecule has 0 bridgehead atoms. The number of halogens is 1. The van der Waals surface area contributed by atoms with Gasteiger partial charge in [0.1, 0.15) is 0 Å². The quantitative estimate of drug-likeness (QED) is 0.769. The molecule has 0 aliphatic carbocycles. The highest BCUT2D eigenvalue weighted by Crippen LogP contribution is 2.23. The third-order valence-corrected chi connectivity index (χ3v) is 6.54. The Morgan fingerprint density at radius 2 is 1.71 bits per heavy atom. The lowest BCUT2D eigenvalue weighted by atomic mass is 10.0. The van der Waals surface area contributed by atoms with Crippen molar-refractivity contribution in [3.63, 3.8) is 0 Å². The highest BCUT2D eigenvalue weighted by atomic mass is 35.5. The zero-order valence-corrected chi connectivity index (χ0v) is 16.9. The number of hydrazone groups is 1. The van der Waals surface area contributed by atoms with Crippen LogP contribution in [0, 0.1) is 0 Å². The SMILES string of the molecule is CC1=NN(S(=O)(=O)CCc2ccc(-c3ccc(Cl)cc3)cc2)[C@@H](C(=O)O)CC1. The average Bonchev–Trinajstić information content (AvgIpc) is 2.67. The molecule has 1 aliphatic rings. The van der Waals surface area contributed by atoms with Gasteiger partial charge in [-0.15, -0.1) is 0 Å². The second-order valence-electron chi connectivity index (χ2n) is 6.77. The van der Waals surface area contributed by atoms with Crippen molar-refractivity contribution in [2.75, 3.05) is 5.75 Å². The molecule has 0 saturated heterocycles. The third kappa shape index (κ3) is 4.72. The normalized spacial score (nSPS) is 17.3. The smallest absolute Gasteiger partial charge is 0.329 e. The van der Waals surface area contributed by atoms with E-state index in [1.54, 1.807) is 6.92 Å². The van der Waals surface area contributed by atoms with E-state index in [1.807, 2.05) is 48.5 Å². The number of sulfonamides is 1. The molecule has 28 heavy (non-hydrogen) atoms. The van der Waals surface area contributed by atoms with Crippen molar-refractivity contribution in [1.82, 2.24) is 4.41 Å². The number of aryl methyl sites for hydroxylation is 1. The number of aliphatic carboxylic acids is 1. The number of carboxylic acid groups (broad SMARTS) is 1. The van der Waals surface area contributed by atoms with Crippen LogP contribution < -0.4 is 0 Å². The number of nitrogens with zero attached hydrogens (tertiary/aromatic N) is 2. The van der Waals surface area contributed by atoms with Gasteiger partial charge < -0.3 is 5.11 Å². The van der Waals surface area contributed by atoms with Gasteiger partial charge in [-0.2, -0.15) is 9.52 Å². The van der Waals surface area contributed by atoms with E-state index in [1.165, 1.54) is 0 Å². The van der Waals surface area contributed by atoms with E-state index >= 15 is 0 Å². The minimum atomic E-state index is -3.83. The van der Waals surface area contributed by atoms with Crippen molar-refractivity contribution >= 4 is 33.3 Å². The summed E-state index contributed by atoms with van der Waals surface area (Å²) < 4.78 is 26.1. The van der Waals surface area contributed by atoms with Crippen LogP contribution in [0.2, 0.25) is 5.02 Å². The van der Waals surface area contributed by atoms with Crippen LogP contribution in [0.1, 0.15) is 25.3 Å². The predicted octanol–water partition coefficient (Wildman–Crippen LogP) is 3.80. The molecule has 8 heteroatoms. The van der Waals surface area contributed by atoms with E-state index in [2.05, 4.69) is 5.10 Å². The second kappa shape index (κ2) is 8.32. The van der Waals surface area contributed by atoms with Gasteiger partial charge in [0.05, 0.1) is 5.75 Å². The standard InChI is InChI=1S/C20H21ClN2O4S/c1-14-2-11-19(20(24)25)23(22-14)28(26,27)13-12-15-3-5-16(6-4-15)17-7-9-18(21)10-8-17/h3-10,19H,2,11-13H2,1H3,(H,24,25)/t19-/m1/s1. The van der Waals surface area contributed by atoms with Crippen molar-refractivity contribution in [2.45, 2.75) is 32.2 Å². The largest absolute Gasteiger partial charge is 0.480 e. The van der Waals surface area contributed by atoms with Gasteiger partial charge in [-0.05, 0) is 55.0 Å². The van der Waals surface area contributed by atoms with E-state index in [9.17, 15) is 18.3 Å². The van der Waals surface area contributed by atoms with Crippen LogP contribution >= 0.6 is 11.6 Å². The summed E-state index contributed by atoms with van der Waals surface area (Å²) in [5, 5.41) is 14.0. The summed E-state index contributed by atoms with van der Waals surface area (Å²) >= 11 is 5.90. The minimum Gasteiger partial charge on any atom is -0.480 e. The van der Waals surface area contributed by atoms with Crippen LogP contribution in [0.5, 0.6) is 0 Å². The Kier molecular flexibility index (Phi) is 6.05. The lowest BCUT2D eigenvalue weighted by Crippen LogP contribution is -2.45. The van der Waals surface area contributed by atoms with Gasteiger partial charge in [-0.3, -0.25) is 0 Å². The van der Waals surface area contributed by atoms with E-state index < -0.39 is 22.0 Å². The molecule has 0 unspecified atom stereocenters. The molecule has 0 aromatic heterocycles. The molecule has 1 heterocycles. The van der Waals surface area contributed by atoms with Crippen LogP contribution in [0.4, 0.5) is 0 Å². The molecule has 1 aliphatic heterocycles. The topological polar surface area (TPSA) is 87.0 Å². The summed E-state index contributed by atoms with van der Waals surface area (Å²) in [6.45, 7) is 1.70. The third-order valence-electron chi connectivity index (χ3n) is 4.67. The minimum absolute atomic E-state index is 0.201. The maximum Gasteiger partial charge on any atom is 0.329 e. The van der Waals surface area contributed by atoms with Crippen molar-refractivity contribution in [3.8, 4) is 11.1 Å². The van der Waals surface area contributed by atoms with Gasteiger partial charge >= 0.3 is 5.97 Å². The van der Waals surface area contributed by atoms with Gasteiger partial charge in [0.25, 0.3) is 10.0 Å². The molecule has 0 fully saturated rings. The Bertz CT molecular complexity index is 986. The number of carboxylic acids is 1. The molecule has 0 spiro atoms. The van der Waals surface area contributed by atoms with Crippen LogP contribution in [-0.2, 0) is 21.2 Å². The lowest BCUT2D eigenvalue weighted by Gasteiger charge is -2.29. The van der Waals surface area contributed by atoms with E-state index in [-0.39, 0.29) is 18.6 Å². The molecule has 2 aromatic carbocycles. The van der Waals surface area contributed by atoms with E-state index in [0.717, 1.165) is 21.1 Å². The zero-order valence-electron chi connectivity index (χ0n) is 15.4. The van der Waals surface area contributed by atoms with Crippen LogP contribution in [-0.4, -0.2) is 41.4 Å². The highest BCUT2D eigenvalue weighted by molar-refractivity contribution is 7.89. The Balaban J connectivity index is 1.71. The molecular formula is C20H21ClN2O4S. The summed E-state index contributed by atoms with van der Waals surface area (Å²) in [5.41, 5.74) is 3.50. The molecule has 0 amide bonds. The molecule has 3 rings (SSSR count). The Morgan fingerprint density at radius 3 is 2.29 bits per heavy atom. The summed E-state index contributed by atoms with van der Waals surface area (Å²) in [6, 6.07) is 13.9. The number of hydrogen-bond acceptors (Lipinski definition) is 4. The summed E-state index contributed by atoms with van der Waals surface area (Å²) in [5.74, 6) is -1.37. The fraction of sp³-hybridized carbons (Fsp3) is 0.300. The van der Waals surface area contributed by atoms with E-state index in [4.69, 9.17) is 11.6 Å². The maximum absolute atomic E-state index is 12.7. The first kappa shape index (κ1) is 20.4. The number of hydrogen-bond donors (Lipinski definition) is 1. The fourth-order valence-electron chi connectivity index (χ4n) is 3.06. The monoisotopic (exact) mass is 420 g/mol. The van der Waals surface area contributed by atoms with Gasteiger partial charge in [0.15, 0.2) is 6.04 Å². The van der Waals surface area contributed by atoms with Crippen molar-refractivity contribution in [1.29, 1.82) is 0 Å².